The van der Waals surface area contributed by atoms with Crippen LogP contribution in [0.1, 0.15) is 11.3 Å². The Balaban J connectivity index is 1.97. The molecule has 3 heterocycles. The second-order valence-corrected chi connectivity index (χ2v) is 5.82. The van der Waals surface area contributed by atoms with Gasteiger partial charge >= 0.3 is 0 Å². The SMILES string of the molecule is NNc1nc(-c2nccc3ccccc23)nc2c1CSC2. The van der Waals surface area contributed by atoms with Crippen LogP contribution >= 0.6 is 11.8 Å². The van der Waals surface area contributed by atoms with E-state index in [2.05, 4.69) is 21.5 Å². The van der Waals surface area contributed by atoms with E-state index in [1.165, 1.54) is 0 Å². The van der Waals surface area contributed by atoms with Crippen molar-refractivity contribution in [1.82, 2.24) is 15.0 Å². The van der Waals surface area contributed by atoms with E-state index in [4.69, 9.17) is 10.8 Å². The second-order valence-electron chi connectivity index (χ2n) is 4.84. The third-order valence-electron chi connectivity index (χ3n) is 3.60. The zero-order chi connectivity index (χ0) is 14.2. The number of rotatable bonds is 2. The van der Waals surface area contributed by atoms with Crippen molar-refractivity contribution in [3.8, 4) is 11.5 Å². The Morgan fingerprint density at radius 2 is 2.00 bits per heavy atom. The van der Waals surface area contributed by atoms with Crippen LogP contribution in [0.15, 0.2) is 36.5 Å². The number of nitrogens with zero attached hydrogens (tertiary/aromatic N) is 3. The molecule has 2 aromatic heterocycles. The second kappa shape index (κ2) is 4.98. The third kappa shape index (κ3) is 2.03. The molecule has 4 rings (SSSR count). The number of nitrogens with two attached hydrogens (primary N) is 1. The quantitative estimate of drug-likeness (QED) is 0.559. The standard InChI is InChI=1S/C15H13N5S/c16-20-14-11-7-21-8-12(11)18-15(19-14)13-10-4-2-1-3-9(10)5-6-17-13/h1-6H,7-8,16H2,(H,18,19,20). The summed E-state index contributed by atoms with van der Waals surface area (Å²) in [5.41, 5.74) is 5.64. The Bertz CT molecular complexity index is 828. The molecular weight excluding hydrogens is 282 g/mol. The number of hydrogen-bond acceptors (Lipinski definition) is 6. The lowest BCUT2D eigenvalue weighted by molar-refractivity contribution is 1.05. The van der Waals surface area contributed by atoms with E-state index in [0.717, 1.165) is 39.2 Å². The van der Waals surface area contributed by atoms with Gasteiger partial charge in [0.2, 0.25) is 0 Å². The minimum atomic E-state index is 0.626. The van der Waals surface area contributed by atoms with Crippen molar-refractivity contribution in [2.24, 2.45) is 5.84 Å². The maximum absolute atomic E-state index is 5.61. The molecule has 0 bridgehead atoms. The number of hydrazine groups is 1. The van der Waals surface area contributed by atoms with Crippen molar-refractivity contribution in [3.63, 3.8) is 0 Å². The maximum Gasteiger partial charge on any atom is 0.181 e. The molecule has 3 aromatic rings. The van der Waals surface area contributed by atoms with Crippen molar-refractivity contribution >= 4 is 28.4 Å². The highest BCUT2D eigenvalue weighted by Crippen LogP contribution is 2.34. The third-order valence-corrected chi connectivity index (χ3v) is 4.57. The van der Waals surface area contributed by atoms with Crippen LogP contribution in [-0.4, -0.2) is 15.0 Å². The molecule has 0 atom stereocenters. The first-order valence-electron chi connectivity index (χ1n) is 6.65. The number of thioether (sulfide) groups is 1. The van der Waals surface area contributed by atoms with Gasteiger partial charge in [0.25, 0.3) is 0 Å². The van der Waals surface area contributed by atoms with Gasteiger partial charge in [-0.15, -0.1) is 0 Å². The number of anilines is 1. The van der Waals surface area contributed by atoms with Crippen LogP contribution in [0.25, 0.3) is 22.3 Å². The van der Waals surface area contributed by atoms with E-state index in [1.807, 2.05) is 36.0 Å². The number of hydrogen-bond donors (Lipinski definition) is 2. The Hall–Kier alpha value is -2.18. The molecule has 0 aliphatic carbocycles. The van der Waals surface area contributed by atoms with Crippen LogP contribution in [0, 0.1) is 0 Å². The van der Waals surface area contributed by atoms with Crippen LogP contribution in [0.2, 0.25) is 0 Å². The predicted molar refractivity (Wildman–Crippen MR) is 85.6 cm³/mol. The average molecular weight is 295 g/mol. The van der Waals surface area contributed by atoms with E-state index in [9.17, 15) is 0 Å². The van der Waals surface area contributed by atoms with Gasteiger partial charge in [-0.1, -0.05) is 24.3 Å². The monoisotopic (exact) mass is 295 g/mol. The maximum atomic E-state index is 5.61. The topological polar surface area (TPSA) is 76.7 Å². The van der Waals surface area contributed by atoms with Crippen LogP contribution in [0.4, 0.5) is 5.82 Å². The molecule has 0 radical (unpaired) electrons. The highest BCUT2D eigenvalue weighted by atomic mass is 32.2. The van der Waals surface area contributed by atoms with Crippen LogP contribution in [-0.2, 0) is 11.5 Å². The lowest BCUT2D eigenvalue weighted by atomic mass is 10.1. The zero-order valence-electron chi connectivity index (χ0n) is 11.2. The van der Waals surface area contributed by atoms with E-state index < -0.39 is 0 Å². The number of benzene rings is 1. The highest BCUT2D eigenvalue weighted by molar-refractivity contribution is 7.98. The zero-order valence-corrected chi connectivity index (χ0v) is 12.0. The summed E-state index contributed by atoms with van der Waals surface area (Å²) in [6, 6.07) is 10.1. The molecule has 1 aromatic carbocycles. The molecule has 0 saturated heterocycles. The summed E-state index contributed by atoms with van der Waals surface area (Å²) in [6.45, 7) is 0. The van der Waals surface area contributed by atoms with Crippen LogP contribution < -0.4 is 11.3 Å². The van der Waals surface area contributed by atoms with Gasteiger partial charge in [-0.2, -0.15) is 11.8 Å². The summed E-state index contributed by atoms with van der Waals surface area (Å²) in [5, 5.41) is 2.18. The van der Waals surface area contributed by atoms with Gasteiger partial charge in [-0.3, -0.25) is 4.98 Å². The van der Waals surface area contributed by atoms with Gasteiger partial charge in [0.05, 0.1) is 5.69 Å². The van der Waals surface area contributed by atoms with E-state index >= 15 is 0 Å². The smallest absolute Gasteiger partial charge is 0.181 e. The Labute approximate surface area is 126 Å². The van der Waals surface area contributed by atoms with Gasteiger partial charge < -0.3 is 5.43 Å². The fraction of sp³-hybridized carbons (Fsp3) is 0.133. The molecule has 3 N–H and O–H groups in total. The highest BCUT2D eigenvalue weighted by Gasteiger charge is 2.21. The molecule has 21 heavy (non-hydrogen) atoms. The first-order valence-corrected chi connectivity index (χ1v) is 7.80. The van der Waals surface area contributed by atoms with E-state index in [1.54, 1.807) is 6.20 Å². The van der Waals surface area contributed by atoms with Crippen molar-refractivity contribution in [2.75, 3.05) is 5.43 Å². The Morgan fingerprint density at radius 3 is 2.90 bits per heavy atom. The molecule has 0 fully saturated rings. The first-order chi connectivity index (χ1) is 10.4. The summed E-state index contributed by atoms with van der Waals surface area (Å²) in [4.78, 5) is 13.7. The summed E-state index contributed by atoms with van der Waals surface area (Å²) in [7, 11) is 0. The van der Waals surface area contributed by atoms with Gasteiger partial charge in [0.15, 0.2) is 5.82 Å². The lowest BCUT2D eigenvalue weighted by Crippen LogP contribution is -2.13. The van der Waals surface area contributed by atoms with Crippen molar-refractivity contribution < 1.29 is 0 Å². The van der Waals surface area contributed by atoms with Crippen LogP contribution in [0.5, 0.6) is 0 Å². The fourth-order valence-corrected chi connectivity index (χ4v) is 3.62. The van der Waals surface area contributed by atoms with Crippen molar-refractivity contribution in [1.29, 1.82) is 0 Å². The Morgan fingerprint density at radius 1 is 1.10 bits per heavy atom. The van der Waals surface area contributed by atoms with Gasteiger partial charge in [0.1, 0.15) is 11.5 Å². The average Bonchev–Trinajstić information content (AvgIpc) is 3.02. The molecule has 1 aliphatic rings. The summed E-state index contributed by atoms with van der Waals surface area (Å²) >= 11 is 1.82. The van der Waals surface area contributed by atoms with Crippen molar-refractivity contribution in [3.05, 3.63) is 47.8 Å². The predicted octanol–water partition coefficient (Wildman–Crippen LogP) is 2.72. The van der Waals surface area contributed by atoms with E-state index in [-0.39, 0.29) is 0 Å². The number of fused-ring (bicyclic) bond motifs is 2. The number of nitrogen functional groups attached to an aromatic ring is 1. The molecule has 0 spiro atoms. The molecule has 0 amide bonds. The van der Waals surface area contributed by atoms with E-state index in [0.29, 0.717) is 11.6 Å². The fourth-order valence-electron chi connectivity index (χ4n) is 2.57. The number of aromatic nitrogens is 3. The first kappa shape index (κ1) is 12.6. The molecule has 5 nitrogen and oxygen atoms in total. The molecule has 0 saturated carbocycles. The van der Waals surface area contributed by atoms with Gasteiger partial charge in [-0.25, -0.2) is 15.8 Å². The summed E-state index contributed by atoms with van der Waals surface area (Å²) in [5.74, 6) is 8.74. The van der Waals surface area contributed by atoms with Gasteiger partial charge in [-0.05, 0) is 11.5 Å². The lowest BCUT2D eigenvalue weighted by Gasteiger charge is -2.10. The Kier molecular flexibility index (Phi) is 2.98. The molecule has 1 aliphatic heterocycles. The van der Waals surface area contributed by atoms with Crippen LogP contribution in [0.3, 0.4) is 0 Å². The van der Waals surface area contributed by atoms with Crippen molar-refractivity contribution in [2.45, 2.75) is 11.5 Å². The minimum absolute atomic E-state index is 0.626. The minimum Gasteiger partial charge on any atom is -0.308 e. The molecule has 104 valence electrons. The normalized spacial score (nSPS) is 13.4. The number of nitrogens with one attached hydrogen (secondary N) is 1. The largest absolute Gasteiger partial charge is 0.308 e. The number of pyridine rings is 1. The molecule has 6 heteroatoms. The summed E-state index contributed by atoms with van der Waals surface area (Å²) < 4.78 is 0. The van der Waals surface area contributed by atoms with Gasteiger partial charge in [0, 0.05) is 28.7 Å². The summed E-state index contributed by atoms with van der Waals surface area (Å²) in [6.07, 6.45) is 1.79. The molecule has 0 unspecified atom stereocenters. The molecular formula is C15H13N5S.